The summed E-state index contributed by atoms with van der Waals surface area (Å²) in [5.74, 6) is -1.22. The summed E-state index contributed by atoms with van der Waals surface area (Å²) >= 11 is 0. The molecule has 1 aromatic heterocycles. The van der Waals surface area contributed by atoms with E-state index in [1.807, 2.05) is 11.9 Å². The van der Waals surface area contributed by atoms with Gasteiger partial charge in [0, 0.05) is 25.2 Å². The van der Waals surface area contributed by atoms with Gasteiger partial charge in [-0.1, -0.05) is 6.92 Å². The zero-order chi connectivity index (χ0) is 15.1. The quantitative estimate of drug-likeness (QED) is 0.602. The highest BCUT2D eigenvalue weighted by Crippen LogP contribution is 2.03. The van der Waals surface area contributed by atoms with Crippen molar-refractivity contribution in [2.24, 2.45) is 5.92 Å². The van der Waals surface area contributed by atoms with Crippen molar-refractivity contribution >= 4 is 11.9 Å². The molecule has 3 N–H and O–H groups in total. The maximum absolute atomic E-state index is 11.6. The van der Waals surface area contributed by atoms with Gasteiger partial charge in [-0.25, -0.2) is 4.79 Å². The molecule has 0 aliphatic heterocycles. The Morgan fingerprint density at radius 3 is 2.75 bits per heavy atom. The molecule has 20 heavy (non-hydrogen) atoms. The van der Waals surface area contributed by atoms with E-state index in [1.165, 1.54) is 6.20 Å². The molecule has 110 valence electrons. The molecule has 1 unspecified atom stereocenters. The minimum atomic E-state index is -0.872. The fourth-order valence-corrected chi connectivity index (χ4v) is 1.54. The molecule has 0 bridgehead atoms. The van der Waals surface area contributed by atoms with Crippen LogP contribution in [0.4, 0.5) is 0 Å². The third kappa shape index (κ3) is 5.51. The van der Waals surface area contributed by atoms with Crippen LogP contribution in [0.5, 0.6) is 0 Å². The van der Waals surface area contributed by atoms with Crippen LogP contribution in [0.3, 0.4) is 0 Å². The lowest BCUT2D eigenvalue weighted by Crippen LogP contribution is -2.36. The van der Waals surface area contributed by atoms with Gasteiger partial charge < -0.3 is 10.4 Å². The number of nitrogens with one attached hydrogen (secondary N) is 2. The number of carboxylic acids is 1. The molecule has 0 aliphatic rings. The number of nitrogens with zero attached hydrogens (tertiary/aromatic N) is 1. The zero-order valence-electron chi connectivity index (χ0n) is 11.1. The van der Waals surface area contributed by atoms with Gasteiger partial charge in [0.2, 0.25) is 5.91 Å². The van der Waals surface area contributed by atoms with Crippen molar-refractivity contribution in [3.8, 4) is 0 Å². The number of hydrogen-bond acceptors (Lipinski definition) is 4. The summed E-state index contributed by atoms with van der Waals surface area (Å²) in [6.45, 7) is 1.97. The molecular weight excluding hydrogens is 266 g/mol. The van der Waals surface area contributed by atoms with E-state index in [9.17, 15) is 19.2 Å². The van der Waals surface area contributed by atoms with Gasteiger partial charge in [-0.3, -0.25) is 23.9 Å². The van der Waals surface area contributed by atoms with E-state index in [0.717, 1.165) is 10.6 Å². The van der Waals surface area contributed by atoms with E-state index in [1.54, 1.807) is 0 Å². The number of rotatable bonds is 7. The molecule has 1 heterocycles. The normalized spacial score (nSPS) is 11.8. The van der Waals surface area contributed by atoms with Gasteiger partial charge in [0.05, 0.1) is 0 Å². The number of carbonyl (C=O) groups is 2. The smallest absolute Gasteiger partial charge is 0.328 e. The number of carbonyl (C=O) groups excluding carboxylic acids is 1. The molecule has 0 aromatic carbocycles. The van der Waals surface area contributed by atoms with Crippen LogP contribution < -0.4 is 16.6 Å². The highest BCUT2D eigenvalue weighted by molar-refractivity contribution is 5.75. The summed E-state index contributed by atoms with van der Waals surface area (Å²) in [5.41, 5.74) is -1.17. The number of amides is 1. The van der Waals surface area contributed by atoms with E-state index in [0.29, 0.717) is 13.0 Å². The second-order valence-electron chi connectivity index (χ2n) is 4.58. The fraction of sp³-hybridized carbons (Fsp3) is 0.500. The molecule has 0 saturated carbocycles. The van der Waals surface area contributed by atoms with Gasteiger partial charge in [-0.15, -0.1) is 0 Å². The van der Waals surface area contributed by atoms with E-state index >= 15 is 0 Å². The van der Waals surface area contributed by atoms with Crippen LogP contribution in [0.2, 0.25) is 0 Å². The van der Waals surface area contributed by atoms with Crippen LogP contribution in [0.25, 0.3) is 0 Å². The number of aromatic amines is 1. The van der Waals surface area contributed by atoms with E-state index in [4.69, 9.17) is 5.11 Å². The molecule has 0 spiro atoms. The molecule has 0 saturated heterocycles. The number of aromatic nitrogens is 2. The molecule has 1 amide bonds. The predicted octanol–water partition coefficient (Wildman–Crippen LogP) is -0.846. The first kappa shape index (κ1) is 15.7. The van der Waals surface area contributed by atoms with Crippen LogP contribution >= 0.6 is 0 Å². The lowest BCUT2D eigenvalue weighted by Gasteiger charge is -2.11. The molecule has 0 fully saturated rings. The van der Waals surface area contributed by atoms with Crippen LogP contribution in [-0.2, 0) is 16.1 Å². The topological polar surface area (TPSA) is 121 Å². The minimum absolute atomic E-state index is 0.0300. The third-order valence-corrected chi connectivity index (χ3v) is 2.71. The SMILES string of the molecule is CC(CCC(=O)O)CNC(=O)Cn1ccc(=O)[nH]c1=O. The number of aliphatic carboxylic acids is 1. The van der Waals surface area contributed by atoms with Crippen molar-refractivity contribution in [3.63, 3.8) is 0 Å². The Balaban J connectivity index is 2.42. The number of H-pyrrole nitrogens is 1. The fourth-order valence-electron chi connectivity index (χ4n) is 1.54. The van der Waals surface area contributed by atoms with Crippen LogP contribution in [0.1, 0.15) is 19.8 Å². The summed E-state index contributed by atoms with van der Waals surface area (Å²) in [6.07, 6.45) is 1.76. The molecule has 1 atom stereocenters. The van der Waals surface area contributed by atoms with Crippen molar-refractivity contribution < 1.29 is 14.7 Å². The molecule has 8 heteroatoms. The van der Waals surface area contributed by atoms with E-state index in [2.05, 4.69) is 5.32 Å². The van der Waals surface area contributed by atoms with Crippen LogP contribution in [0.15, 0.2) is 21.9 Å². The Labute approximate surface area is 114 Å². The van der Waals surface area contributed by atoms with Gasteiger partial charge >= 0.3 is 11.7 Å². The van der Waals surface area contributed by atoms with E-state index in [-0.39, 0.29) is 24.8 Å². The van der Waals surface area contributed by atoms with Gasteiger partial charge in [0.25, 0.3) is 5.56 Å². The summed E-state index contributed by atoms with van der Waals surface area (Å²) in [6, 6.07) is 1.16. The molecule has 1 aromatic rings. The van der Waals surface area contributed by atoms with Crippen LogP contribution in [-0.4, -0.2) is 33.1 Å². The Bertz CT molecular complexity index is 589. The molecule has 8 nitrogen and oxygen atoms in total. The Kier molecular flexibility index (Phi) is 5.70. The lowest BCUT2D eigenvalue weighted by atomic mass is 10.1. The minimum Gasteiger partial charge on any atom is -0.481 e. The second-order valence-corrected chi connectivity index (χ2v) is 4.58. The van der Waals surface area contributed by atoms with Crippen molar-refractivity contribution in [2.45, 2.75) is 26.3 Å². The second kappa shape index (κ2) is 7.27. The summed E-state index contributed by atoms with van der Waals surface area (Å²) < 4.78 is 1.08. The monoisotopic (exact) mass is 283 g/mol. The van der Waals surface area contributed by atoms with Gasteiger partial charge in [-0.2, -0.15) is 0 Å². The van der Waals surface area contributed by atoms with Crippen molar-refractivity contribution in [1.29, 1.82) is 0 Å². The summed E-state index contributed by atoms with van der Waals surface area (Å²) in [5, 5.41) is 11.1. The van der Waals surface area contributed by atoms with Crippen molar-refractivity contribution in [1.82, 2.24) is 14.9 Å². The standard InChI is InChI=1S/C12H17N3O5/c1-8(2-3-11(18)19)6-13-10(17)7-15-5-4-9(16)14-12(15)20/h4-5,8H,2-3,6-7H2,1H3,(H,13,17)(H,18,19)(H,14,16,20). The maximum atomic E-state index is 11.6. The zero-order valence-corrected chi connectivity index (χ0v) is 11.1. The third-order valence-electron chi connectivity index (χ3n) is 2.71. The van der Waals surface area contributed by atoms with Gasteiger partial charge in [0.15, 0.2) is 0 Å². The molecule has 0 aliphatic carbocycles. The maximum Gasteiger partial charge on any atom is 0.328 e. The number of hydrogen-bond donors (Lipinski definition) is 3. The summed E-state index contributed by atoms with van der Waals surface area (Å²) in [7, 11) is 0. The lowest BCUT2D eigenvalue weighted by molar-refractivity contribution is -0.137. The molecule has 0 radical (unpaired) electrons. The first-order valence-electron chi connectivity index (χ1n) is 6.16. The average Bonchev–Trinajstić information content (AvgIpc) is 2.37. The van der Waals surface area contributed by atoms with Crippen LogP contribution in [0, 0.1) is 5.92 Å². The van der Waals surface area contributed by atoms with Crippen molar-refractivity contribution in [2.75, 3.05) is 6.54 Å². The average molecular weight is 283 g/mol. The summed E-state index contributed by atoms with van der Waals surface area (Å²) in [4.78, 5) is 46.3. The highest BCUT2D eigenvalue weighted by atomic mass is 16.4. The Morgan fingerprint density at radius 1 is 1.45 bits per heavy atom. The Hall–Kier alpha value is -2.38. The van der Waals surface area contributed by atoms with E-state index < -0.39 is 17.2 Å². The Morgan fingerprint density at radius 2 is 2.15 bits per heavy atom. The first-order chi connectivity index (χ1) is 9.38. The first-order valence-corrected chi connectivity index (χ1v) is 6.16. The highest BCUT2D eigenvalue weighted by Gasteiger charge is 2.09. The van der Waals surface area contributed by atoms with Gasteiger partial charge in [0.1, 0.15) is 6.54 Å². The van der Waals surface area contributed by atoms with Crippen molar-refractivity contribution in [3.05, 3.63) is 33.1 Å². The predicted molar refractivity (Wildman–Crippen MR) is 70.4 cm³/mol. The van der Waals surface area contributed by atoms with Gasteiger partial charge in [-0.05, 0) is 12.3 Å². The largest absolute Gasteiger partial charge is 0.481 e. The molecule has 1 rings (SSSR count). The number of carboxylic acid groups (broad SMARTS) is 1. The molecular formula is C12H17N3O5.